The zero-order valence-electron chi connectivity index (χ0n) is 20.5. The van der Waals surface area contributed by atoms with Crippen LogP contribution in [0.15, 0.2) is 91.3 Å². The second-order valence-corrected chi connectivity index (χ2v) is 8.90. The monoisotopic (exact) mass is 514 g/mol. The number of hydrogen-bond acceptors (Lipinski definition) is 4. The van der Waals surface area contributed by atoms with Gasteiger partial charge in [0.2, 0.25) is 0 Å². The van der Waals surface area contributed by atoms with E-state index in [1.165, 1.54) is 18.0 Å². The molecule has 188 valence electrons. The summed E-state index contributed by atoms with van der Waals surface area (Å²) in [5.41, 5.74) is 7.42. The van der Waals surface area contributed by atoms with E-state index >= 15 is 0 Å². The van der Waals surface area contributed by atoms with Gasteiger partial charge in [-0.15, -0.1) is 12.4 Å². The van der Waals surface area contributed by atoms with Crippen LogP contribution in [0.2, 0.25) is 0 Å². The average Bonchev–Trinajstić information content (AvgIpc) is 3.22. The van der Waals surface area contributed by atoms with E-state index in [-0.39, 0.29) is 24.9 Å². The van der Waals surface area contributed by atoms with Crippen molar-refractivity contribution in [1.29, 1.82) is 0 Å². The number of ether oxygens (including phenoxy) is 1. The van der Waals surface area contributed by atoms with Crippen LogP contribution in [-0.2, 0) is 9.53 Å². The van der Waals surface area contributed by atoms with Crippen molar-refractivity contribution in [3.8, 4) is 22.3 Å². The Morgan fingerprint density at radius 3 is 2.05 bits per heavy atom. The minimum atomic E-state index is -1.16. The number of aromatic nitrogens is 1. The molecule has 0 radical (unpaired) electrons. The van der Waals surface area contributed by atoms with Crippen LogP contribution in [0.5, 0.6) is 0 Å². The van der Waals surface area contributed by atoms with Gasteiger partial charge in [-0.1, -0.05) is 72.8 Å². The van der Waals surface area contributed by atoms with Crippen LogP contribution in [-0.4, -0.2) is 34.8 Å². The summed E-state index contributed by atoms with van der Waals surface area (Å²) in [4.78, 5) is 31.0. The second kappa shape index (κ2) is 10.8. The van der Waals surface area contributed by atoms with Gasteiger partial charge in [0.05, 0.1) is 11.9 Å². The fourth-order valence-electron chi connectivity index (χ4n) is 4.92. The Balaban J connectivity index is 0.00000320. The quantitative estimate of drug-likeness (QED) is 0.309. The van der Waals surface area contributed by atoms with Gasteiger partial charge >= 0.3 is 12.1 Å². The lowest BCUT2D eigenvalue weighted by atomic mass is 9.98. The average molecular weight is 515 g/mol. The third-order valence-corrected chi connectivity index (χ3v) is 6.77. The molecule has 6 nitrogen and oxygen atoms in total. The first-order chi connectivity index (χ1) is 17.5. The first-order valence-electron chi connectivity index (χ1n) is 11.8. The summed E-state index contributed by atoms with van der Waals surface area (Å²) in [6.07, 6.45) is 2.42. The number of carbonyl (C=O) groups is 2. The van der Waals surface area contributed by atoms with Gasteiger partial charge in [0.15, 0.2) is 0 Å². The fraction of sp³-hybridized carbons (Fsp3) is 0.167. The van der Waals surface area contributed by atoms with Gasteiger partial charge in [0.25, 0.3) is 0 Å². The number of carboxylic acids is 1. The number of amides is 1. The molecule has 4 aromatic rings. The van der Waals surface area contributed by atoms with Crippen molar-refractivity contribution in [2.45, 2.75) is 25.8 Å². The Labute approximate surface area is 222 Å². The Morgan fingerprint density at radius 1 is 0.892 bits per heavy atom. The summed E-state index contributed by atoms with van der Waals surface area (Å²) in [6.45, 7) is 3.53. The van der Waals surface area contributed by atoms with Crippen LogP contribution in [0.25, 0.3) is 22.3 Å². The molecule has 1 atom stereocenters. The molecule has 0 bridgehead atoms. The van der Waals surface area contributed by atoms with Gasteiger partial charge in [-0.05, 0) is 53.3 Å². The molecule has 1 aromatic heterocycles. The van der Waals surface area contributed by atoms with Gasteiger partial charge in [0, 0.05) is 17.7 Å². The molecule has 1 amide bonds. The molecule has 1 aliphatic carbocycles. The first-order valence-corrected chi connectivity index (χ1v) is 11.8. The number of rotatable bonds is 6. The van der Waals surface area contributed by atoms with E-state index in [4.69, 9.17) is 4.74 Å². The number of hydrogen-bond donors (Lipinski definition) is 1. The highest BCUT2D eigenvalue weighted by Crippen LogP contribution is 2.44. The van der Waals surface area contributed by atoms with Gasteiger partial charge in [0.1, 0.15) is 12.6 Å². The van der Waals surface area contributed by atoms with Crippen molar-refractivity contribution in [2.75, 3.05) is 11.5 Å². The van der Waals surface area contributed by atoms with E-state index in [1.54, 1.807) is 12.3 Å². The first kappa shape index (κ1) is 25.9. The van der Waals surface area contributed by atoms with Crippen LogP contribution >= 0.6 is 12.4 Å². The predicted octanol–water partition coefficient (Wildman–Crippen LogP) is 6.71. The lowest BCUT2D eigenvalue weighted by Crippen LogP contribution is -2.44. The molecule has 0 saturated carbocycles. The highest BCUT2D eigenvalue weighted by Gasteiger charge is 2.34. The fourth-order valence-corrected chi connectivity index (χ4v) is 4.92. The largest absolute Gasteiger partial charge is 0.480 e. The lowest BCUT2D eigenvalue weighted by molar-refractivity contribution is -0.138. The number of benzene rings is 3. The Morgan fingerprint density at radius 2 is 1.46 bits per heavy atom. The summed E-state index contributed by atoms with van der Waals surface area (Å²) in [7, 11) is 0. The minimum absolute atomic E-state index is 0. The maximum atomic E-state index is 13.6. The van der Waals surface area contributed by atoms with E-state index in [1.807, 2.05) is 67.6 Å². The minimum Gasteiger partial charge on any atom is -0.480 e. The number of pyridine rings is 1. The molecule has 0 fully saturated rings. The van der Waals surface area contributed by atoms with Gasteiger partial charge in [-0.2, -0.15) is 0 Å². The van der Waals surface area contributed by atoms with Crippen molar-refractivity contribution in [3.05, 3.63) is 108 Å². The summed E-state index contributed by atoms with van der Waals surface area (Å²) >= 11 is 0. The maximum absolute atomic E-state index is 13.6. The number of halogens is 1. The summed E-state index contributed by atoms with van der Waals surface area (Å²) < 4.78 is 5.84. The van der Waals surface area contributed by atoms with Crippen molar-refractivity contribution in [3.63, 3.8) is 0 Å². The van der Waals surface area contributed by atoms with Gasteiger partial charge < -0.3 is 9.84 Å². The van der Waals surface area contributed by atoms with Crippen molar-refractivity contribution >= 4 is 30.2 Å². The van der Waals surface area contributed by atoms with Crippen molar-refractivity contribution in [1.82, 2.24) is 4.98 Å². The van der Waals surface area contributed by atoms with E-state index in [2.05, 4.69) is 17.1 Å². The molecule has 0 spiro atoms. The zero-order chi connectivity index (χ0) is 25.2. The number of fused-ring (bicyclic) bond motifs is 3. The summed E-state index contributed by atoms with van der Waals surface area (Å²) in [5, 5.41) is 9.85. The number of anilines is 1. The normalized spacial score (nSPS) is 12.6. The zero-order valence-corrected chi connectivity index (χ0v) is 21.3. The SMILES string of the molecule is Cc1ccccc1-c1ccncc1N(C(=O)OCC1c2ccccc2-c2ccccc21)[C@@H](C)C(=O)O.Cl. The molecule has 1 heterocycles. The molecule has 3 aromatic carbocycles. The van der Waals surface area contributed by atoms with E-state index < -0.39 is 18.1 Å². The van der Waals surface area contributed by atoms with Crippen molar-refractivity contribution < 1.29 is 19.4 Å². The number of carboxylic acid groups (broad SMARTS) is 1. The summed E-state index contributed by atoms with van der Waals surface area (Å²) in [5.74, 6) is -1.27. The van der Waals surface area contributed by atoms with E-state index in [0.717, 1.165) is 33.4 Å². The standard InChI is InChI=1S/C30H26N2O4.ClH/c1-19-9-3-4-10-21(19)26-15-16-31-17-28(26)32(20(2)29(33)34)30(35)36-18-27-24-13-7-5-11-22(24)23-12-6-8-14-25(23)27;/h3-17,20,27H,18H2,1-2H3,(H,33,34);1H/t20-;/m0./s1. The Hall–Kier alpha value is -4.16. The molecular formula is C30H27ClN2O4. The highest BCUT2D eigenvalue weighted by molar-refractivity contribution is 5.99. The van der Waals surface area contributed by atoms with Crippen LogP contribution in [0.3, 0.4) is 0 Å². The van der Waals surface area contributed by atoms with Crippen LogP contribution < -0.4 is 4.90 Å². The van der Waals surface area contributed by atoms with Gasteiger partial charge in [-0.3, -0.25) is 9.88 Å². The summed E-state index contributed by atoms with van der Waals surface area (Å²) in [6, 6.07) is 24.5. The number of aliphatic carboxylic acids is 1. The Kier molecular flexibility index (Phi) is 7.60. The topological polar surface area (TPSA) is 79.7 Å². The molecule has 5 rings (SSSR count). The third-order valence-electron chi connectivity index (χ3n) is 6.77. The molecule has 1 N–H and O–H groups in total. The smallest absolute Gasteiger partial charge is 0.415 e. The molecular weight excluding hydrogens is 488 g/mol. The van der Waals surface area contributed by atoms with E-state index in [9.17, 15) is 14.7 Å². The van der Waals surface area contributed by atoms with Crippen LogP contribution in [0.4, 0.5) is 10.5 Å². The molecule has 7 heteroatoms. The molecule has 1 aliphatic rings. The molecule has 0 saturated heterocycles. The highest BCUT2D eigenvalue weighted by atomic mass is 35.5. The van der Waals surface area contributed by atoms with Gasteiger partial charge in [-0.25, -0.2) is 9.59 Å². The van der Waals surface area contributed by atoms with Crippen molar-refractivity contribution in [2.24, 2.45) is 0 Å². The van der Waals surface area contributed by atoms with Crippen LogP contribution in [0.1, 0.15) is 29.5 Å². The molecule has 0 aliphatic heterocycles. The predicted molar refractivity (Wildman–Crippen MR) is 146 cm³/mol. The number of nitrogens with zero attached hydrogens (tertiary/aromatic N) is 2. The second-order valence-electron chi connectivity index (χ2n) is 8.90. The maximum Gasteiger partial charge on any atom is 0.415 e. The Bertz CT molecular complexity index is 1410. The molecule has 0 unspecified atom stereocenters. The molecule has 37 heavy (non-hydrogen) atoms. The van der Waals surface area contributed by atoms with Crippen LogP contribution in [0, 0.1) is 6.92 Å². The van der Waals surface area contributed by atoms with E-state index in [0.29, 0.717) is 11.3 Å². The number of carbonyl (C=O) groups excluding carboxylic acids is 1. The lowest BCUT2D eigenvalue weighted by Gasteiger charge is -2.28. The number of aryl methyl sites for hydroxylation is 1. The third kappa shape index (κ3) is 4.80.